The van der Waals surface area contributed by atoms with Crippen molar-refractivity contribution in [2.24, 2.45) is 0 Å². The highest BCUT2D eigenvalue weighted by atomic mass is 16.6. The molecule has 0 spiro atoms. The maximum absolute atomic E-state index is 12.9. The minimum Gasteiger partial charge on any atom is -0.462 e. The van der Waals surface area contributed by atoms with E-state index in [1.54, 1.807) is 0 Å². The van der Waals surface area contributed by atoms with Crippen molar-refractivity contribution >= 4 is 17.9 Å². The van der Waals surface area contributed by atoms with Crippen LogP contribution in [0.1, 0.15) is 290 Å². The zero-order chi connectivity index (χ0) is 54.3. The van der Waals surface area contributed by atoms with Gasteiger partial charge in [0.25, 0.3) is 0 Å². The summed E-state index contributed by atoms with van der Waals surface area (Å²) in [5.41, 5.74) is 0. The van der Waals surface area contributed by atoms with Crippen molar-refractivity contribution < 1.29 is 28.6 Å². The lowest BCUT2D eigenvalue weighted by molar-refractivity contribution is -0.167. The lowest BCUT2D eigenvalue weighted by Crippen LogP contribution is -2.30. The second-order valence-corrected chi connectivity index (χ2v) is 20.6. The molecular weight excluding hydrogens is 925 g/mol. The molecule has 0 aliphatic rings. The number of carbonyl (C=O) groups is 3. The minimum absolute atomic E-state index is 0.0865. The highest BCUT2D eigenvalue weighted by Crippen LogP contribution is 2.16. The molecule has 0 aromatic carbocycles. The summed E-state index contributed by atoms with van der Waals surface area (Å²) < 4.78 is 16.9. The highest BCUT2D eigenvalue weighted by Gasteiger charge is 2.19. The molecule has 1 unspecified atom stereocenters. The normalized spacial score (nSPS) is 12.8. The molecule has 6 heteroatoms. The first-order valence-electron chi connectivity index (χ1n) is 31.4. The largest absolute Gasteiger partial charge is 0.462 e. The smallest absolute Gasteiger partial charge is 0.306 e. The number of carbonyl (C=O) groups excluding carboxylic acids is 3. The van der Waals surface area contributed by atoms with Crippen molar-refractivity contribution in [3.05, 3.63) is 109 Å². The third-order valence-corrected chi connectivity index (χ3v) is 13.3. The van der Waals surface area contributed by atoms with Crippen molar-refractivity contribution in [1.29, 1.82) is 0 Å². The van der Waals surface area contributed by atoms with E-state index in [9.17, 15) is 14.4 Å². The fourth-order valence-corrected chi connectivity index (χ4v) is 8.64. The number of rotatable bonds is 56. The number of unbranched alkanes of at least 4 members (excludes halogenated alkanes) is 27. The van der Waals surface area contributed by atoms with E-state index in [1.165, 1.54) is 109 Å². The first-order valence-corrected chi connectivity index (χ1v) is 31.4. The van der Waals surface area contributed by atoms with Crippen LogP contribution in [0.4, 0.5) is 0 Å². The Labute approximate surface area is 463 Å². The summed E-state index contributed by atoms with van der Waals surface area (Å²) in [5, 5.41) is 0. The number of hydrogen-bond acceptors (Lipinski definition) is 6. The molecule has 0 saturated heterocycles. The Hall–Kier alpha value is -3.93. The van der Waals surface area contributed by atoms with Crippen molar-refractivity contribution in [1.82, 2.24) is 0 Å². The van der Waals surface area contributed by atoms with Crippen molar-refractivity contribution in [3.63, 3.8) is 0 Å². The van der Waals surface area contributed by atoms with Gasteiger partial charge in [0.2, 0.25) is 0 Å². The third kappa shape index (κ3) is 60.8. The van der Waals surface area contributed by atoms with E-state index in [2.05, 4.69) is 130 Å². The first-order chi connectivity index (χ1) is 37.0. The molecule has 0 N–H and O–H groups in total. The molecule has 0 aliphatic heterocycles. The van der Waals surface area contributed by atoms with Gasteiger partial charge < -0.3 is 14.2 Å². The molecule has 0 rings (SSSR count). The monoisotopic (exact) mass is 1040 g/mol. The maximum atomic E-state index is 12.9. The van der Waals surface area contributed by atoms with Gasteiger partial charge in [-0.25, -0.2) is 0 Å². The lowest BCUT2D eigenvalue weighted by atomic mass is 10.0. The standard InChI is InChI=1S/C69H116O6/c1-4-7-10-13-16-19-22-25-28-30-32-34-36-38-41-44-47-50-53-56-59-62-68(71)74-65-66(64-73-67(70)61-58-55-52-49-46-43-40-27-24-21-18-15-12-9-6-3)75-69(72)63-60-57-54-51-48-45-42-39-37-35-33-31-29-26-23-20-17-14-11-8-5-2/h7-8,10-11,16-17,19-20,25-26,28-29,32-35,38,41,66H,4-6,9,12-15,18,21-24,27,30-31,36-37,39-40,42-65H2,1-3H3/b10-7-,11-8-,19-16-,20-17-,28-25-,29-26-,34-32-,35-33-,41-38-. The fraction of sp³-hybridized carbons (Fsp3) is 0.696. The topological polar surface area (TPSA) is 78.9 Å². The summed E-state index contributed by atoms with van der Waals surface area (Å²) in [6.45, 7) is 6.42. The summed E-state index contributed by atoms with van der Waals surface area (Å²) in [5.74, 6) is -0.906. The first kappa shape index (κ1) is 71.1. The molecular formula is C69H116O6. The van der Waals surface area contributed by atoms with Gasteiger partial charge in [-0.15, -0.1) is 0 Å². The van der Waals surface area contributed by atoms with Gasteiger partial charge in [-0.1, -0.05) is 278 Å². The van der Waals surface area contributed by atoms with E-state index in [0.717, 1.165) is 141 Å². The Kier molecular flexibility index (Phi) is 59.3. The van der Waals surface area contributed by atoms with Crippen LogP contribution in [0.25, 0.3) is 0 Å². The molecule has 0 aromatic rings. The number of allylic oxidation sites excluding steroid dienone is 18. The molecule has 0 radical (unpaired) electrons. The summed E-state index contributed by atoms with van der Waals surface area (Å²) in [4.78, 5) is 38.3. The SMILES string of the molecule is CC/C=C\C/C=C\C/C=C\C/C=C\C/C=C\CCCCCCCC(=O)OCC(COC(=O)CCCCCCCCCCCCCCCCC)OC(=O)CCCCCCCCCC/C=C\C/C=C\C/C=C\C/C=C\CC. The summed E-state index contributed by atoms with van der Waals surface area (Å²) in [6, 6.07) is 0. The predicted molar refractivity (Wildman–Crippen MR) is 325 cm³/mol. The van der Waals surface area contributed by atoms with Crippen LogP contribution in [0.5, 0.6) is 0 Å². The number of ether oxygens (including phenoxy) is 3. The molecule has 0 heterocycles. The Balaban J connectivity index is 4.43. The maximum Gasteiger partial charge on any atom is 0.306 e. The van der Waals surface area contributed by atoms with Crippen LogP contribution in [-0.4, -0.2) is 37.2 Å². The molecule has 0 saturated carbocycles. The molecule has 0 fully saturated rings. The van der Waals surface area contributed by atoms with E-state index in [4.69, 9.17) is 14.2 Å². The fourth-order valence-electron chi connectivity index (χ4n) is 8.64. The quantitative estimate of drug-likeness (QED) is 0.0261. The molecule has 428 valence electrons. The predicted octanol–water partition coefficient (Wildman–Crippen LogP) is 21.4. The Morgan fingerprint density at radius 3 is 0.813 bits per heavy atom. The van der Waals surface area contributed by atoms with Crippen LogP contribution >= 0.6 is 0 Å². The van der Waals surface area contributed by atoms with Crippen LogP contribution in [0.2, 0.25) is 0 Å². The highest BCUT2D eigenvalue weighted by molar-refractivity contribution is 5.71. The average Bonchev–Trinajstić information content (AvgIpc) is 3.41. The molecule has 6 nitrogen and oxygen atoms in total. The van der Waals surface area contributed by atoms with Crippen molar-refractivity contribution in [3.8, 4) is 0 Å². The average molecular weight is 1040 g/mol. The van der Waals surface area contributed by atoms with Gasteiger partial charge in [0.1, 0.15) is 13.2 Å². The van der Waals surface area contributed by atoms with E-state index >= 15 is 0 Å². The Bertz CT molecular complexity index is 1520. The van der Waals surface area contributed by atoms with Crippen LogP contribution in [0, 0.1) is 0 Å². The van der Waals surface area contributed by atoms with Gasteiger partial charge in [-0.05, 0) is 103 Å². The molecule has 0 bridgehead atoms. The third-order valence-electron chi connectivity index (χ3n) is 13.3. The van der Waals surface area contributed by atoms with Crippen LogP contribution < -0.4 is 0 Å². The van der Waals surface area contributed by atoms with Gasteiger partial charge in [-0.2, -0.15) is 0 Å². The van der Waals surface area contributed by atoms with E-state index in [-0.39, 0.29) is 31.1 Å². The molecule has 0 amide bonds. The van der Waals surface area contributed by atoms with Gasteiger partial charge in [0.05, 0.1) is 0 Å². The van der Waals surface area contributed by atoms with Crippen molar-refractivity contribution in [2.75, 3.05) is 13.2 Å². The number of esters is 3. The van der Waals surface area contributed by atoms with Crippen LogP contribution in [-0.2, 0) is 28.6 Å². The van der Waals surface area contributed by atoms with E-state index in [0.29, 0.717) is 19.3 Å². The van der Waals surface area contributed by atoms with Gasteiger partial charge >= 0.3 is 17.9 Å². The van der Waals surface area contributed by atoms with E-state index in [1.807, 2.05) is 0 Å². The van der Waals surface area contributed by atoms with Crippen LogP contribution in [0.15, 0.2) is 109 Å². The number of hydrogen-bond donors (Lipinski definition) is 0. The van der Waals surface area contributed by atoms with E-state index < -0.39 is 6.10 Å². The Morgan fingerprint density at radius 1 is 0.280 bits per heavy atom. The second-order valence-electron chi connectivity index (χ2n) is 20.6. The molecule has 0 aliphatic carbocycles. The molecule has 1 atom stereocenters. The summed E-state index contributed by atoms with van der Waals surface area (Å²) >= 11 is 0. The van der Waals surface area contributed by atoms with Gasteiger partial charge in [0.15, 0.2) is 6.10 Å². The summed E-state index contributed by atoms with van der Waals surface area (Å²) in [7, 11) is 0. The zero-order valence-electron chi connectivity index (χ0n) is 49.0. The minimum atomic E-state index is -0.793. The van der Waals surface area contributed by atoms with Crippen LogP contribution in [0.3, 0.4) is 0 Å². The van der Waals surface area contributed by atoms with Crippen molar-refractivity contribution in [2.45, 2.75) is 297 Å². The lowest BCUT2D eigenvalue weighted by Gasteiger charge is -2.18. The van der Waals surface area contributed by atoms with Gasteiger partial charge in [-0.3, -0.25) is 14.4 Å². The second kappa shape index (κ2) is 62.6. The summed E-state index contributed by atoms with van der Waals surface area (Å²) in [6.07, 6.45) is 85.1. The molecule has 0 aromatic heterocycles. The van der Waals surface area contributed by atoms with Gasteiger partial charge in [0, 0.05) is 19.3 Å². The zero-order valence-corrected chi connectivity index (χ0v) is 49.0. The Morgan fingerprint density at radius 2 is 0.520 bits per heavy atom. The molecule has 75 heavy (non-hydrogen) atoms.